The van der Waals surface area contributed by atoms with E-state index < -0.39 is 0 Å². The second-order valence-electron chi connectivity index (χ2n) is 1.02. The predicted molar refractivity (Wildman–Crippen MR) is 22.1 cm³/mol. The van der Waals surface area contributed by atoms with Gasteiger partial charge < -0.3 is 4.84 Å². The summed E-state index contributed by atoms with van der Waals surface area (Å²) in [4.78, 5) is 4.60. The molecule has 0 saturated heterocycles. The van der Waals surface area contributed by atoms with Crippen molar-refractivity contribution < 1.29 is 4.84 Å². The van der Waals surface area contributed by atoms with Crippen LogP contribution in [0, 0.1) is 6.26 Å². The van der Waals surface area contributed by atoms with Crippen LogP contribution < -0.4 is 0 Å². The summed E-state index contributed by atoms with van der Waals surface area (Å²) in [6.45, 7) is 0. The maximum atomic E-state index is 4.60. The van der Waals surface area contributed by atoms with E-state index in [1.54, 1.807) is 0 Å². The van der Waals surface area contributed by atoms with Crippen molar-refractivity contribution >= 4 is 11.9 Å². The Morgan fingerprint density at radius 2 is 2.86 bits per heavy atom. The van der Waals surface area contributed by atoms with Crippen LogP contribution >= 0.6 is 11.9 Å². The number of rotatable bonds is 0. The van der Waals surface area contributed by atoms with Gasteiger partial charge in [0, 0.05) is 0 Å². The fourth-order valence-electron chi connectivity index (χ4n) is 0.342. The SMILES string of the molecule is [C]1=C2N=NN(O1)S2. The van der Waals surface area contributed by atoms with Crippen LogP contribution in [0.15, 0.2) is 15.4 Å². The van der Waals surface area contributed by atoms with Crippen LogP contribution in [0.5, 0.6) is 0 Å². The Morgan fingerprint density at radius 3 is 3.00 bits per heavy atom. The first-order chi connectivity index (χ1) is 3.45. The first-order valence-corrected chi connectivity index (χ1v) is 2.42. The minimum absolute atomic E-state index is 0.694. The van der Waals surface area contributed by atoms with Crippen molar-refractivity contribution in [1.82, 2.24) is 4.58 Å². The molecule has 0 unspecified atom stereocenters. The molecule has 4 nitrogen and oxygen atoms in total. The highest BCUT2D eigenvalue weighted by molar-refractivity contribution is 8.00. The van der Waals surface area contributed by atoms with E-state index in [1.165, 1.54) is 16.5 Å². The first kappa shape index (κ1) is 3.31. The van der Waals surface area contributed by atoms with Crippen molar-refractivity contribution in [3.05, 3.63) is 11.3 Å². The Bertz CT molecular complexity index is 153. The molecule has 0 atom stereocenters. The third-order valence-electron chi connectivity index (χ3n) is 0.584. The number of nitrogens with zero attached hydrogens (tertiary/aromatic N) is 3. The van der Waals surface area contributed by atoms with Crippen molar-refractivity contribution in [1.29, 1.82) is 0 Å². The molecule has 7 heavy (non-hydrogen) atoms. The second kappa shape index (κ2) is 0.919. The van der Waals surface area contributed by atoms with Crippen LogP contribution in [-0.2, 0) is 4.84 Å². The van der Waals surface area contributed by atoms with Crippen LogP contribution in [0.4, 0.5) is 0 Å². The highest BCUT2D eigenvalue weighted by Gasteiger charge is 2.22. The molecule has 0 amide bonds. The molecule has 0 aromatic carbocycles. The zero-order chi connectivity index (χ0) is 4.69. The van der Waals surface area contributed by atoms with Gasteiger partial charge in [-0.2, -0.15) is 0 Å². The van der Waals surface area contributed by atoms with Gasteiger partial charge >= 0.3 is 0 Å². The first-order valence-electron chi connectivity index (χ1n) is 1.65. The minimum atomic E-state index is 0.694. The lowest BCUT2D eigenvalue weighted by atomic mass is 11.0. The molecule has 2 aliphatic rings. The molecule has 35 valence electrons. The molecule has 0 aromatic rings. The lowest BCUT2D eigenvalue weighted by Gasteiger charge is -1.97. The third-order valence-corrected chi connectivity index (χ3v) is 1.23. The second-order valence-corrected chi connectivity index (χ2v) is 1.90. The number of fused-ring (bicyclic) bond motifs is 2. The van der Waals surface area contributed by atoms with Crippen LogP contribution in [0.3, 0.4) is 0 Å². The van der Waals surface area contributed by atoms with Crippen molar-refractivity contribution in [2.45, 2.75) is 0 Å². The lowest BCUT2D eigenvalue weighted by molar-refractivity contribution is -0.0182. The Morgan fingerprint density at radius 1 is 1.86 bits per heavy atom. The summed E-state index contributed by atoms with van der Waals surface area (Å²) in [6.07, 6.45) is 2.50. The molecule has 2 rings (SSSR count). The Kier molecular flexibility index (Phi) is 0.435. The van der Waals surface area contributed by atoms with Crippen LogP contribution in [-0.4, -0.2) is 4.58 Å². The monoisotopic (exact) mass is 114 g/mol. The lowest BCUT2D eigenvalue weighted by Crippen LogP contribution is -1.95. The van der Waals surface area contributed by atoms with Crippen molar-refractivity contribution in [3.63, 3.8) is 0 Å². The number of hydrogen-bond donors (Lipinski definition) is 0. The summed E-state index contributed by atoms with van der Waals surface area (Å²) < 4.78 is 1.29. The van der Waals surface area contributed by atoms with Crippen molar-refractivity contribution in [2.24, 2.45) is 10.3 Å². The van der Waals surface area contributed by atoms with Gasteiger partial charge in [-0.15, -0.1) is 5.11 Å². The summed E-state index contributed by atoms with van der Waals surface area (Å²) in [7, 11) is 0. The Hall–Kier alpha value is -0.710. The zero-order valence-electron chi connectivity index (χ0n) is 3.16. The Balaban J connectivity index is 2.45. The fourth-order valence-corrected chi connectivity index (χ4v) is 0.785. The van der Waals surface area contributed by atoms with Crippen LogP contribution in [0.1, 0.15) is 0 Å². The summed E-state index contributed by atoms with van der Waals surface area (Å²) >= 11 is 1.31. The molecule has 0 N–H and O–H groups in total. The van der Waals surface area contributed by atoms with E-state index in [4.69, 9.17) is 0 Å². The van der Waals surface area contributed by atoms with E-state index in [0.717, 1.165) is 0 Å². The molecule has 0 spiro atoms. The average Bonchev–Trinajstić information content (AvgIpc) is 2.22. The molecule has 0 saturated carbocycles. The summed E-state index contributed by atoms with van der Waals surface area (Å²) in [6, 6.07) is 0. The third kappa shape index (κ3) is 0.324. The Labute approximate surface area is 43.9 Å². The van der Waals surface area contributed by atoms with Gasteiger partial charge in [-0.1, -0.05) is 0 Å². The van der Waals surface area contributed by atoms with Gasteiger partial charge in [-0.3, -0.25) is 0 Å². The molecule has 0 fully saturated rings. The van der Waals surface area contributed by atoms with Gasteiger partial charge in [-0.05, 0) is 9.80 Å². The summed E-state index contributed by atoms with van der Waals surface area (Å²) in [5, 5.41) is 7.80. The molecule has 0 aromatic heterocycles. The van der Waals surface area contributed by atoms with Crippen molar-refractivity contribution in [2.75, 3.05) is 0 Å². The van der Waals surface area contributed by atoms with Crippen LogP contribution in [0.25, 0.3) is 0 Å². The summed E-state index contributed by atoms with van der Waals surface area (Å²) in [5.41, 5.74) is 0. The molecule has 2 heterocycles. The molecule has 0 aliphatic carbocycles. The van der Waals surface area contributed by atoms with Crippen molar-refractivity contribution in [3.8, 4) is 0 Å². The minimum Gasteiger partial charge on any atom is -0.342 e. The van der Waals surface area contributed by atoms with Gasteiger partial charge in [0.05, 0.1) is 11.9 Å². The predicted octanol–water partition coefficient (Wildman–Crippen LogP) is 0.865. The van der Waals surface area contributed by atoms with E-state index in [0.29, 0.717) is 5.03 Å². The molecule has 5 heteroatoms. The largest absolute Gasteiger partial charge is 0.342 e. The van der Waals surface area contributed by atoms with Gasteiger partial charge in [0.2, 0.25) is 6.26 Å². The highest BCUT2D eigenvalue weighted by Crippen LogP contribution is 2.35. The van der Waals surface area contributed by atoms with Gasteiger partial charge in [0.15, 0.2) is 5.03 Å². The normalized spacial score (nSPS) is 22.9. The molecular formula is C2N3OS. The topological polar surface area (TPSA) is 37.2 Å². The maximum absolute atomic E-state index is 4.60. The van der Waals surface area contributed by atoms with E-state index in [-0.39, 0.29) is 0 Å². The van der Waals surface area contributed by atoms with Gasteiger partial charge in [-0.25, -0.2) is 0 Å². The molecule has 2 bridgehead atoms. The molecule has 2 aliphatic heterocycles. The van der Waals surface area contributed by atoms with Gasteiger partial charge in [0.25, 0.3) is 0 Å². The summed E-state index contributed by atoms with van der Waals surface area (Å²) in [5.74, 6) is 0. The van der Waals surface area contributed by atoms with E-state index in [9.17, 15) is 0 Å². The van der Waals surface area contributed by atoms with E-state index in [1.807, 2.05) is 0 Å². The standard InChI is InChI=1S/C2N3OS/c1-2-3-4-5(6-1)7-2. The van der Waals surface area contributed by atoms with E-state index >= 15 is 0 Å². The molecule has 1 radical (unpaired) electrons. The fraction of sp³-hybridized carbons (Fsp3) is 0. The number of hydrogen-bond acceptors (Lipinski definition) is 5. The zero-order valence-corrected chi connectivity index (χ0v) is 3.97. The smallest absolute Gasteiger partial charge is 0.243 e. The van der Waals surface area contributed by atoms with Gasteiger partial charge in [0.1, 0.15) is 0 Å². The molecular weight excluding hydrogens is 114 g/mol. The van der Waals surface area contributed by atoms with Crippen LogP contribution in [0.2, 0.25) is 0 Å². The maximum Gasteiger partial charge on any atom is 0.243 e. The van der Waals surface area contributed by atoms with E-state index in [2.05, 4.69) is 21.4 Å². The average molecular weight is 114 g/mol. The highest BCUT2D eigenvalue weighted by atomic mass is 32.2. The quantitative estimate of drug-likeness (QED) is 0.438.